The normalized spacial score (nSPS) is 17.6. The summed E-state index contributed by atoms with van der Waals surface area (Å²) in [6.45, 7) is 5.53. The maximum atomic E-state index is 6.10. The van der Waals surface area contributed by atoms with E-state index in [4.69, 9.17) is 21.1 Å². The highest BCUT2D eigenvalue weighted by molar-refractivity contribution is 6.30. The Bertz CT molecular complexity index is 619. The first-order valence-electron chi connectivity index (χ1n) is 7.46. The maximum Gasteiger partial charge on any atom is 0.202 e. The molecule has 0 bridgehead atoms. The molecule has 0 radical (unpaired) electrons. The van der Waals surface area contributed by atoms with Gasteiger partial charge in [-0.25, -0.2) is 0 Å². The Morgan fingerprint density at radius 1 is 1.14 bits per heavy atom. The molecule has 1 fully saturated rings. The fraction of sp³-hybridized carbons (Fsp3) is 0.389. The number of benzene rings is 1. The smallest absolute Gasteiger partial charge is 0.202 e. The van der Waals surface area contributed by atoms with Crippen molar-refractivity contribution in [3.05, 3.63) is 64.9 Å². The molecule has 1 aromatic carbocycles. The van der Waals surface area contributed by atoms with Crippen molar-refractivity contribution in [1.82, 2.24) is 4.98 Å². The van der Waals surface area contributed by atoms with E-state index in [1.807, 2.05) is 30.5 Å². The van der Waals surface area contributed by atoms with Crippen LogP contribution < -0.4 is 0 Å². The van der Waals surface area contributed by atoms with Crippen molar-refractivity contribution >= 4 is 11.6 Å². The van der Waals surface area contributed by atoms with Gasteiger partial charge in [0, 0.05) is 28.4 Å². The fourth-order valence-electron chi connectivity index (χ4n) is 3.15. The van der Waals surface area contributed by atoms with Crippen LogP contribution in [0, 0.1) is 5.41 Å². The van der Waals surface area contributed by atoms with E-state index in [0.29, 0.717) is 13.2 Å². The predicted molar refractivity (Wildman–Crippen MR) is 86.8 cm³/mol. The van der Waals surface area contributed by atoms with Crippen LogP contribution in [-0.2, 0) is 21.7 Å². The van der Waals surface area contributed by atoms with Crippen LogP contribution in [0.4, 0.5) is 0 Å². The number of rotatable bonds is 4. The van der Waals surface area contributed by atoms with Gasteiger partial charge in [-0.1, -0.05) is 43.6 Å². The zero-order valence-corrected chi connectivity index (χ0v) is 13.6. The maximum absolute atomic E-state index is 6.10. The average Bonchev–Trinajstić information content (AvgIpc) is 3.02. The lowest BCUT2D eigenvalue weighted by atomic mass is 9.75. The second kappa shape index (κ2) is 5.99. The monoisotopic (exact) mass is 317 g/mol. The minimum atomic E-state index is -0.763. The van der Waals surface area contributed by atoms with Crippen LogP contribution in [0.15, 0.2) is 48.8 Å². The standard InChI is InChI=1S/C18H20ClNO2/c1-17(2,12-14-5-7-16(19)8-6-14)18(21-10-11-22-18)15-4-3-9-20-13-15/h3-9,13H,10-12H2,1-2H3. The number of hydrogen-bond acceptors (Lipinski definition) is 3. The first-order valence-corrected chi connectivity index (χ1v) is 7.84. The summed E-state index contributed by atoms with van der Waals surface area (Å²) in [7, 11) is 0. The van der Waals surface area contributed by atoms with E-state index in [2.05, 4.69) is 31.0 Å². The molecular weight excluding hydrogens is 298 g/mol. The second-order valence-corrected chi connectivity index (χ2v) is 6.68. The summed E-state index contributed by atoms with van der Waals surface area (Å²) in [5.74, 6) is -0.763. The molecule has 0 unspecified atom stereocenters. The number of pyridine rings is 1. The Labute approximate surface area is 136 Å². The van der Waals surface area contributed by atoms with Crippen LogP contribution in [0.1, 0.15) is 25.0 Å². The minimum absolute atomic E-state index is 0.250. The molecule has 0 atom stereocenters. The number of nitrogens with zero attached hydrogens (tertiary/aromatic N) is 1. The molecular formula is C18H20ClNO2. The third kappa shape index (κ3) is 2.76. The zero-order chi connectivity index (χ0) is 15.6. The molecule has 3 rings (SSSR count). The summed E-state index contributed by atoms with van der Waals surface area (Å²) in [6, 6.07) is 11.9. The van der Waals surface area contributed by atoms with Crippen molar-refractivity contribution in [2.75, 3.05) is 13.2 Å². The Hall–Kier alpha value is -1.42. The summed E-state index contributed by atoms with van der Waals surface area (Å²) in [6.07, 6.45) is 4.41. The van der Waals surface area contributed by atoms with Gasteiger partial charge in [-0.15, -0.1) is 0 Å². The Balaban J connectivity index is 1.95. The van der Waals surface area contributed by atoms with E-state index in [9.17, 15) is 0 Å². The molecule has 0 saturated carbocycles. The largest absolute Gasteiger partial charge is 0.343 e. The van der Waals surface area contributed by atoms with Gasteiger partial charge in [-0.05, 0) is 30.2 Å². The van der Waals surface area contributed by atoms with E-state index in [-0.39, 0.29) is 5.41 Å². The summed E-state index contributed by atoms with van der Waals surface area (Å²) in [4.78, 5) is 4.23. The quantitative estimate of drug-likeness (QED) is 0.846. The Morgan fingerprint density at radius 2 is 1.82 bits per heavy atom. The molecule has 2 aromatic rings. The molecule has 0 amide bonds. The molecule has 1 aliphatic heterocycles. The number of aromatic nitrogens is 1. The van der Waals surface area contributed by atoms with Gasteiger partial charge in [-0.2, -0.15) is 0 Å². The summed E-state index contributed by atoms with van der Waals surface area (Å²) in [5, 5.41) is 0.747. The van der Waals surface area contributed by atoms with Crippen molar-refractivity contribution in [2.45, 2.75) is 26.1 Å². The predicted octanol–water partition coefficient (Wildman–Crippen LogP) is 4.20. The van der Waals surface area contributed by atoms with Gasteiger partial charge >= 0.3 is 0 Å². The van der Waals surface area contributed by atoms with Gasteiger partial charge in [0.05, 0.1) is 13.2 Å². The van der Waals surface area contributed by atoms with Crippen molar-refractivity contribution in [1.29, 1.82) is 0 Å². The summed E-state index contributed by atoms with van der Waals surface area (Å²) < 4.78 is 12.2. The third-order valence-electron chi connectivity index (χ3n) is 4.19. The average molecular weight is 318 g/mol. The molecule has 3 nitrogen and oxygen atoms in total. The number of ether oxygens (including phenoxy) is 2. The number of halogens is 1. The molecule has 0 aliphatic carbocycles. The van der Waals surface area contributed by atoms with Crippen molar-refractivity contribution in [2.24, 2.45) is 5.41 Å². The summed E-state index contributed by atoms with van der Waals surface area (Å²) >= 11 is 5.98. The minimum Gasteiger partial charge on any atom is -0.343 e. The highest BCUT2D eigenvalue weighted by atomic mass is 35.5. The van der Waals surface area contributed by atoms with E-state index >= 15 is 0 Å². The van der Waals surface area contributed by atoms with Gasteiger partial charge in [0.2, 0.25) is 5.79 Å². The lowest BCUT2D eigenvalue weighted by Gasteiger charge is -2.42. The van der Waals surface area contributed by atoms with Gasteiger partial charge < -0.3 is 9.47 Å². The van der Waals surface area contributed by atoms with Gasteiger partial charge in [0.15, 0.2) is 0 Å². The highest BCUT2D eigenvalue weighted by Gasteiger charge is 2.51. The van der Waals surface area contributed by atoms with Crippen LogP contribution in [0.2, 0.25) is 5.02 Å². The van der Waals surface area contributed by atoms with Crippen LogP contribution >= 0.6 is 11.6 Å². The van der Waals surface area contributed by atoms with Crippen LogP contribution in [-0.4, -0.2) is 18.2 Å². The van der Waals surface area contributed by atoms with E-state index in [1.165, 1.54) is 5.56 Å². The number of hydrogen-bond donors (Lipinski definition) is 0. The van der Waals surface area contributed by atoms with Crippen molar-refractivity contribution in [3.8, 4) is 0 Å². The van der Waals surface area contributed by atoms with E-state index in [0.717, 1.165) is 17.0 Å². The first kappa shape index (κ1) is 15.5. The molecule has 4 heteroatoms. The van der Waals surface area contributed by atoms with Gasteiger partial charge in [0.1, 0.15) is 0 Å². The van der Waals surface area contributed by atoms with Gasteiger partial charge in [0.25, 0.3) is 0 Å². The molecule has 1 aromatic heterocycles. The molecule has 0 N–H and O–H groups in total. The molecule has 2 heterocycles. The van der Waals surface area contributed by atoms with Crippen molar-refractivity contribution < 1.29 is 9.47 Å². The lowest BCUT2D eigenvalue weighted by Crippen LogP contribution is -2.44. The van der Waals surface area contributed by atoms with Crippen LogP contribution in [0.25, 0.3) is 0 Å². The zero-order valence-electron chi connectivity index (χ0n) is 12.9. The topological polar surface area (TPSA) is 31.4 Å². The third-order valence-corrected chi connectivity index (χ3v) is 4.44. The first-order chi connectivity index (χ1) is 10.5. The summed E-state index contributed by atoms with van der Waals surface area (Å²) in [5.41, 5.74) is 1.92. The Kier molecular flexibility index (Phi) is 4.22. The fourth-order valence-corrected chi connectivity index (χ4v) is 3.27. The lowest BCUT2D eigenvalue weighted by molar-refractivity contribution is -0.238. The molecule has 1 aliphatic rings. The second-order valence-electron chi connectivity index (χ2n) is 6.24. The molecule has 0 spiro atoms. The molecule has 116 valence electrons. The Morgan fingerprint density at radius 3 is 2.41 bits per heavy atom. The van der Waals surface area contributed by atoms with Crippen LogP contribution in [0.5, 0.6) is 0 Å². The van der Waals surface area contributed by atoms with E-state index in [1.54, 1.807) is 6.20 Å². The highest BCUT2D eigenvalue weighted by Crippen LogP contribution is 2.48. The molecule has 1 saturated heterocycles. The van der Waals surface area contributed by atoms with Crippen LogP contribution in [0.3, 0.4) is 0 Å². The van der Waals surface area contributed by atoms with Gasteiger partial charge in [-0.3, -0.25) is 4.98 Å². The van der Waals surface area contributed by atoms with Crippen molar-refractivity contribution in [3.63, 3.8) is 0 Å². The van der Waals surface area contributed by atoms with E-state index < -0.39 is 5.79 Å². The SMILES string of the molecule is CC(C)(Cc1ccc(Cl)cc1)C1(c2cccnc2)OCCO1. The molecule has 22 heavy (non-hydrogen) atoms.